The molecule has 3 aromatic rings. The van der Waals surface area contributed by atoms with Crippen LogP contribution >= 0.6 is 23.1 Å². The number of fused-ring (bicyclic) bond motifs is 1. The molecule has 7 heteroatoms. The fourth-order valence-corrected chi connectivity index (χ4v) is 3.68. The van der Waals surface area contributed by atoms with E-state index in [0.29, 0.717) is 21.6 Å². The first-order valence-corrected chi connectivity index (χ1v) is 8.90. The number of aryl methyl sites for hydroxylation is 2. The summed E-state index contributed by atoms with van der Waals surface area (Å²) in [6.45, 7) is 3.91. The van der Waals surface area contributed by atoms with Crippen molar-refractivity contribution in [2.45, 2.75) is 19.6 Å². The van der Waals surface area contributed by atoms with Crippen molar-refractivity contribution in [2.75, 3.05) is 0 Å². The Morgan fingerprint density at radius 1 is 1.39 bits per heavy atom. The second-order valence-electron chi connectivity index (χ2n) is 5.16. The zero-order valence-electron chi connectivity index (χ0n) is 12.8. The van der Waals surface area contributed by atoms with Gasteiger partial charge in [-0.3, -0.25) is 9.20 Å². The van der Waals surface area contributed by atoms with Gasteiger partial charge in [0.1, 0.15) is 0 Å². The molecule has 1 aromatic carbocycles. The van der Waals surface area contributed by atoms with E-state index in [9.17, 15) is 4.79 Å². The number of rotatable bonds is 3. The van der Waals surface area contributed by atoms with Crippen molar-refractivity contribution in [1.82, 2.24) is 9.38 Å². The molecule has 0 aliphatic heterocycles. The molecular formula is C16H16N4OS2. The van der Waals surface area contributed by atoms with Crippen molar-refractivity contribution in [2.24, 2.45) is 10.7 Å². The van der Waals surface area contributed by atoms with Crippen molar-refractivity contribution in [1.29, 1.82) is 0 Å². The number of thioether (sulfide) groups is 1. The zero-order chi connectivity index (χ0) is 16.4. The number of hydrogen-bond acceptors (Lipinski definition) is 5. The Bertz CT molecular complexity index is 943. The number of hydrogen-bond donors (Lipinski definition) is 1. The predicted octanol–water partition coefficient (Wildman–Crippen LogP) is 3.25. The van der Waals surface area contributed by atoms with Gasteiger partial charge >= 0.3 is 0 Å². The van der Waals surface area contributed by atoms with Crippen molar-refractivity contribution in [3.63, 3.8) is 0 Å². The lowest BCUT2D eigenvalue weighted by Crippen LogP contribution is -2.15. The third-order valence-electron chi connectivity index (χ3n) is 3.24. The van der Waals surface area contributed by atoms with Gasteiger partial charge in [-0.2, -0.15) is 0 Å². The average molecular weight is 344 g/mol. The van der Waals surface area contributed by atoms with Gasteiger partial charge in [0.15, 0.2) is 10.1 Å². The Hall–Kier alpha value is -2.12. The first kappa shape index (κ1) is 15.8. The molecule has 2 N–H and O–H groups in total. The maximum atomic E-state index is 12.1. The Morgan fingerprint density at radius 2 is 2.22 bits per heavy atom. The summed E-state index contributed by atoms with van der Waals surface area (Å²) in [4.78, 5) is 21.7. The summed E-state index contributed by atoms with van der Waals surface area (Å²) >= 11 is 2.84. The first-order chi connectivity index (χ1) is 11.0. The predicted molar refractivity (Wildman–Crippen MR) is 97.8 cm³/mol. The van der Waals surface area contributed by atoms with Crippen LogP contribution in [0.4, 0.5) is 5.69 Å². The molecule has 0 aliphatic rings. The molecule has 3 rings (SSSR count). The quantitative estimate of drug-likeness (QED) is 0.585. The number of benzene rings is 1. The highest BCUT2D eigenvalue weighted by Gasteiger charge is 2.07. The van der Waals surface area contributed by atoms with Crippen LogP contribution in [-0.2, 0) is 5.75 Å². The van der Waals surface area contributed by atoms with Crippen LogP contribution in [0.1, 0.15) is 17.0 Å². The Morgan fingerprint density at radius 3 is 3.00 bits per heavy atom. The molecule has 2 aromatic heterocycles. The third-order valence-corrected chi connectivity index (χ3v) is 5.01. The van der Waals surface area contributed by atoms with Crippen LogP contribution in [0.25, 0.3) is 4.96 Å². The monoisotopic (exact) mass is 344 g/mol. The van der Waals surface area contributed by atoms with Crippen molar-refractivity contribution in [3.8, 4) is 0 Å². The minimum atomic E-state index is -0.0569. The van der Waals surface area contributed by atoms with Crippen LogP contribution in [0.15, 0.2) is 45.5 Å². The number of nitrogens with two attached hydrogens (primary N) is 1. The van der Waals surface area contributed by atoms with Gasteiger partial charge in [0.25, 0.3) is 5.56 Å². The first-order valence-electron chi connectivity index (χ1n) is 7.03. The zero-order valence-corrected chi connectivity index (χ0v) is 14.4. The van der Waals surface area contributed by atoms with Crippen molar-refractivity contribution >= 4 is 38.9 Å². The van der Waals surface area contributed by atoms with Crippen LogP contribution in [0.3, 0.4) is 0 Å². The molecule has 23 heavy (non-hydrogen) atoms. The minimum absolute atomic E-state index is 0.0569. The van der Waals surface area contributed by atoms with Gasteiger partial charge < -0.3 is 5.73 Å². The third kappa shape index (κ3) is 3.62. The molecule has 0 amide bonds. The van der Waals surface area contributed by atoms with E-state index in [-0.39, 0.29) is 5.56 Å². The average Bonchev–Trinajstić information content (AvgIpc) is 2.87. The highest BCUT2D eigenvalue weighted by molar-refractivity contribution is 8.13. The molecule has 0 saturated carbocycles. The largest absolute Gasteiger partial charge is 0.378 e. The molecule has 2 heterocycles. The Labute approximate surface area is 141 Å². The number of thiazole rings is 1. The summed E-state index contributed by atoms with van der Waals surface area (Å²) in [7, 11) is 0. The summed E-state index contributed by atoms with van der Waals surface area (Å²) in [6, 6.07) is 9.39. The summed E-state index contributed by atoms with van der Waals surface area (Å²) in [5.41, 5.74) is 9.49. The van der Waals surface area contributed by atoms with E-state index in [2.05, 4.69) is 9.98 Å². The molecule has 0 spiro atoms. The van der Waals surface area contributed by atoms with E-state index in [1.807, 2.05) is 43.5 Å². The van der Waals surface area contributed by atoms with Crippen LogP contribution in [0, 0.1) is 13.8 Å². The van der Waals surface area contributed by atoms with Gasteiger partial charge in [0.2, 0.25) is 0 Å². The van der Waals surface area contributed by atoms with E-state index in [1.54, 1.807) is 10.5 Å². The van der Waals surface area contributed by atoms with Crippen LogP contribution in [0.2, 0.25) is 0 Å². The topological polar surface area (TPSA) is 72.8 Å². The van der Waals surface area contributed by atoms with Gasteiger partial charge in [0.05, 0.1) is 11.4 Å². The van der Waals surface area contributed by atoms with Gasteiger partial charge in [-0.1, -0.05) is 23.9 Å². The van der Waals surface area contributed by atoms with Gasteiger partial charge in [0, 0.05) is 22.9 Å². The second kappa shape index (κ2) is 6.55. The summed E-state index contributed by atoms with van der Waals surface area (Å²) in [5.74, 6) is 0.518. The molecule has 0 atom stereocenters. The molecule has 0 aliphatic carbocycles. The van der Waals surface area contributed by atoms with Crippen molar-refractivity contribution < 1.29 is 0 Å². The van der Waals surface area contributed by atoms with Crippen LogP contribution in [0.5, 0.6) is 0 Å². The molecule has 0 radical (unpaired) electrons. The number of nitrogens with zero attached hydrogens (tertiary/aromatic N) is 3. The van der Waals surface area contributed by atoms with E-state index < -0.39 is 0 Å². The second-order valence-corrected chi connectivity index (χ2v) is 6.99. The minimum Gasteiger partial charge on any atom is -0.378 e. The lowest BCUT2D eigenvalue weighted by atomic mass is 10.2. The van der Waals surface area contributed by atoms with Gasteiger partial charge in [-0.25, -0.2) is 9.98 Å². The highest BCUT2D eigenvalue weighted by Crippen LogP contribution is 2.18. The van der Waals surface area contributed by atoms with Crippen LogP contribution < -0.4 is 11.3 Å². The molecular weight excluding hydrogens is 328 g/mol. The molecule has 0 bridgehead atoms. The number of aliphatic imine (C=N–C) groups is 1. The van der Waals surface area contributed by atoms with E-state index in [4.69, 9.17) is 5.73 Å². The van der Waals surface area contributed by atoms with Gasteiger partial charge in [-0.15, -0.1) is 11.3 Å². The fraction of sp³-hybridized carbons (Fsp3) is 0.188. The maximum Gasteiger partial charge on any atom is 0.258 e. The standard InChI is InChI=1S/C16H16N4OS2/c1-10-4-3-5-12(6-10)18-15(17)22-9-13-7-14(21)20-11(2)8-23-16(20)19-13/h3-8H,9H2,1-2H3,(H2,17,18). The Kier molecular flexibility index (Phi) is 4.49. The fourth-order valence-electron chi connectivity index (χ4n) is 2.18. The van der Waals surface area contributed by atoms with Crippen LogP contribution in [-0.4, -0.2) is 14.6 Å². The molecule has 0 fully saturated rings. The van der Waals surface area contributed by atoms with Gasteiger partial charge in [-0.05, 0) is 31.5 Å². The SMILES string of the molecule is Cc1cccc(N=C(N)SCc2cc(=O)n3c(C)csc3n2)c1. The van der Waals surface area contributed by atoms with Crippen molar-refractivity contribution in [3.05, 3.63) is 63.0 Å². The summed E-state index contributed by atoms with van der Waals surface area (Å²) < 4.78 is 1.61. The molecule has 5 nitrogen and oxygen atoms in total. The summed E-state index contributed by atoms with van der Waals surface area (Å²) in [5, 5.41) is 2.38. The van der Waals surface area contributed by atoms with E-state index >= 15 is 0 Å². The number of amidine groups is 1. The van der Waals surface area contributed by atoms with E-state index in [0.717, 1.165) is 16.9 Å². The summed E-state index contributed by atoms with van der Waals surface area (Å²) in [6.07, 6.45) is 0. The normalized spacial score (nSPS) is 12.0. The lowest BCUT2D eigenvalue weighted by molar-refractivity contribution is 0.998. The molecule has 118 valence electrons. The smallest absolute Gasteiger partial charge is 0.258 e. The molecule has 0 unspecified atom stereocenters. The molecule has 0 saturated heterocycles. The lowest BCUT2D eigenvalue weighted by Gasteiger charge is -2.03. The number of aromatic nitrogens is 2. The van der Waals surface area contributed by atoms with E-state index in [1.165, 1.54) is 23.1 Å². The Balaban J connectivity index is 1.76. The maximum absolute atomic E-state index is 12.1. The highest BCUT2D eigenvalue weighted by atomic mass is 32.2.